The van der Waals surface area contributed by atoms with E-state index in [-0.39, 0.29) is 15.7 Å². The van der Waals surface area contributed by atoms with E-state index in [1.165, 1.54) is 24.4 Å². The predicted molar refractivity (Wildman–Crippen MR) is 81.0 cm³/mol. The van der Waals surface area contributed by atoms with Crippen molar-refractivity contribution in [3.63, 3.8) is 0 Å². The van der Waals surface area contributed by atoms with Gasteiger partial charge in [0.05, 0.1) is 5.69 Å². The van der Waals surface area contributed by atoms with Crippen LogP contribution in [0.4, 0.5) is 10.8 Å². The number of benzene rings is 1. The second-order valence-electron chi connectivity index (χ2n) is 4.26. The molecule has 0 spiro atoms. The van der Waals surface area contributed by atoms with Crippen LogP contribution in [0.15, 0.2) is 52.9 Å². The molecule has 3 rings (SSSR count). The lowest BCUT2D eigenvalue weighted by Crippen LogP contribution is -2.31. The van der Waals surface area contributed by atoms with Crippen molar-refractivity contribution in [1.29, 1.82) is 0 Å². The first-order valence-corrected chi connectivity index (χ1v) is 8.43. The number of thiazole rings is 1. The highest BCUT2D eigenvalue weighted by atomic mass is 32.2. The number of hydrogen-bond acceptors (Lipinski definition) is 6. The number of para-hydroxylation sites is 1. The molecular formula is C13H9N3O4S2. The summed E-state index contributed by atoms with van der Waals surface area (Å²) in [5.41, 5.74) is 0.00607. The van der Waals surface area contributed by atoms with E-state index < -0.39 is 21.8 Å². The van der Waals surface area contributed by atoms with Gasteiger partial charge in [0.25, 0.3) is 21.8 Å². The van der Waals surface area contributed by atoms with Gasteiger partial charge in [0.2, 0.25) is 0 Å². The molecule has 2 aromatic rings. The van der Waals surface area contributed by atoms with Gasteiger partial charge in [-0.15, -0.1) is 11.3 Å². The Morgan fingerprint density at radius 3 is 2.41 bits per heavy atom. The Hall–Kier alpha value is -2.52. The molecule has 0 saturated heterocycles. The lowest BCUT2D eigenvalue weighted by molar-refractivity contribution is -0.120. The van der Waals surface area contributed by atoms with Crippen molar-refractivity contribution in [2.45, 2.75) is 4.90 Å². The molecule has 2 heterocycles. The molecule has 1 aliphatic rings. The van der Waals surface area contributed by atoms with Crippen molar-refractivity contribution in [3.05, 3.63) is 48.0 Å². The van der Waals surface area contributed by atoms with E-state index in [0.717, 1.165) is 28.4 Å². The van der Waals surface area contributed by atoms with Crippen molar-refractivity contribution in [1.82, 2.24) is 4.98 Å². The van der Waals surface area contributed by atoms with Crippen molar-refractivity contribution in [2.75, 3.05) is 9.62 Å². The van der Waals surface area contributed by atoms with Crippen LogP contribution < -0.4 is 9.62 Å². The van der Waals surface area contributed by atoms with E-state index >= 15 is 0 Å². The van der Waals surface area contributed by atoms with Gasteiger partial charge in [-0.2, -0.15) is 0 Å². The molecule has 0 unspecified atom stereocenters. The lowest BCUT2D eigenvalue weighted by atomic mass is 10.3. The number of carbonyl (C=O) groups excluding carboxylic acids is 2. The van der Waals surface area contributed by atoms with Gasteiger partial charge < -0.3 is 0 Å². The van der Waals surface area contributed by atoms with Crippen LogP contribution in [-0.2, 0) is 19.6 Å². The maximum Gasteiger partial charge on any atom is 0.265 e. The molecule has 0 saturated carbocycles. The summed E-state index contributed by atoms with van der Waals surface area (Å²) in [6.07, 6.45) is 3.66. The molecule has 0 bridgehead atoms. The highest BCUT2D eigenvalue weighted by Crippen LogP contribution is 2.29. The zero-order chi connectivity index (χ0) is 15.7. The van der Waals surface area contributed by atoms with Crippen LogP contribution in [0.2, 0.25) is 0 Å². The van der Waals surface area contributed by atoms with Crippen molar-refractivity contribution >= 4 is 44.0 Å². The Bertz CT molecular complexity index is 854. The number of amides is 2. The molecule has 2 amide bonds. The number of sulfonamides is 1. The molecule has 9 heteroatoms. The molecule has 0 atom stereocenters. The topological polar surface area (TPSA) is 96.4 Å². The van der Waals surface area contributed by atoms with Crippen LogP contribution in [0.25, 0.3) is 0 Å². The Kier molecular flexibility index (Phi) is 3.51. The Labute approximate surface area is 130 Å². The number of rotatable bonds is 4. The minimum absolute atomic E-state index is 0.00607. The molecular weight excluding hydrogens is 326 g/mol. The summed E-state index contributed by atoms with van der Waals surface area (Å²) in [5, 5.41) is 1.83. The first-order chi connectivity index (χ1) is 10.5. The average Bonchev–Trinajstić information content (AvgIpc) is 3.09. The van der Waals surface area contributed by atoms with E-state index in [1.54, 1.807) is 11.4 Å². The SMILES string of the molecule is O=C1C=CC(=O)N1c1ccccc1S(=O)(=O)Nc1nccs1. The molecule has 1 N–H and O–H groups in total. The smallest absolute Gasteiger partial charge is 0.265 e. The van der Waals surface area contributed by atoms with Crippen LogP contribution >= 0.6 is 11.3 Å². The lowest BCUT2D eigenvalue weighted by Gasteiger charge is -2.18. The first kappa shape index (κ1) is 14.4. The third-order valence-electron chi connectivity index (χ3n) is 2.86. The van der Waals surface area contributed by atoms with Crippen LogP contribution in [-0.4, -0.2) is 25.2 Å². The van der Waals surface area contributed by atoms with E-state index in [2.05, 4.69) is 9.71 Å². The number of hydrogen-bond donors (Lipinski definition) is 1. The third kappa shape index (κ3) is 2.51. The molecule has 1 aromatic heterocycles. The highest BCUT2D eigenvalue weighted by Gasteiger charge is 2.31. The standard InChI is InChI=1S/C13H9N3O4S2/c17-11-5-6-12(18)16(11)9-3-1-2-4-10(9)22(19,20)15-13-14-7-8-21-13/h1-8H,(H,14,15). The van der Waals surface area contributed by atoms with Crippen molar-refractivity contribution in [3.8, 4) is 0 Å². The summed E-state index contributed by atoms with van der Waals surface area (Å²) < 4.78 is 27.3. The van der Waals surface area contributed by atoms with Gasteiger partial charge in [0.15, 0.2) is 5.13 Å². The Balaban J connectivity index is 2.05. The maximum absolute atomic E-state index is 12.5. The molecule has 7 nitrogen and oxygen atoms in total. The zero-order valence-corrected chi connectivity index (χ0v) is 12.6. The second-order valence-corrected chi connectivity index (χ2v) is 6.80. The van der Waals surface area contributed by atoms with E-state index in [4.69, 9.17) is 0 Å². The van der Waals surface area contributed by atoms with Gasteiger partial charge in [0, 0.05) is 23.7 Å². The molecule has 112 valence electrons. The molecule has 0 aliphatic carbocycles. The van der Waals surface area contributed by atoms with Gasteiger partial charge in [-0.3, -0.25) is 14.3 Å². The van der Waals surface area contributed by atoms with Crippen LogP contribution in [0, 0.1) is 0 Å². The summed E-state index contributed by atoms with van der Waals surface area (Å²) in [7, 11) is -3.97. The average molecular weight is 335 g/mol. The van der Waals surface area contributed by atoms with E-state index in [1.807, 2.05) is 0 Å². The van der Waals surface area contributed by atoms with Gasteiger partial charge in [-0.1, -0.05) is 12.1 Å². The minimum atomic E-state index is -3.97. The molecule has 1 aromatic carbocycles. The summed E-state index contributed by atoms with van der Waals surface area (Å²) in [6.45, 7) is 0. The van der Waals surface area contributed by atoms with E-state index in [0.29, 0.717) is 0 Å². The second kappa shape index (κ2) is 5.35. The fourth-order valence-electron chi connectivity index (χ4n) is 1.95. The van der Waals surface area contributed by atoms with Crippen molar-refractivity contribution in [2.24, 2.45) is 0 Å². The number of nitrogens with zero attached hydrogens (tertiary/aromatic N) is 2. The fourth-order valence-corrected chi connectivity index (χ4v) is 3.93. The molecule has 22 heavy (non-hydrogen) atoms. The fraction of sp³-hybridized carbons (Fsp3) is 0. The quantitative estimate of drug-likeness (QED) is 0.851. The summed E-state index contributed by atoms with van der Waals surface area (Å²) in [5.74, 6) is -1.16. The maximum atomic E-state index is 12.5. The highest BCUT2D eigenvalue weighted by molar-refractivity contribution is 7.93. The summed E-state index contributed by atoms with van der Waals surface area (Å²) in [6, 6.07) is 5.79. The molecule has 0 radical (unpaired) electrons. The van der Waals surface area contributed by atoms with Crippen LogP contribution in [0.1, 0.15) is 0 Å². The number of aromatic nitrogens is 1. The molecule has 0 fully saturated rings. The molecule has 1 aliphatic heterocycles. The normalized spacial score (nSPS) is 14.6. The van der Waals surface area contributed by atoms with Gasteiger partial charge >= 0.3 is 0 Å². The van der Waals surface area contributed by atoms with E-state index in [9.17, 15) is 18.0 Å². The summed E-state index contributed by atoms with van der Waals surface area (Å²) in [4.78, 5) is 28.0. The largest absolute Gasteiger partial charge is 0.269 e. The predicted octanol–water partition coefficient (Wildman–Crippen LogP) is 1.37. The summed E-state index contributed by atoms with van der Waals surface area (Å²) >= 11 is 1.12. The zero-order valence-electron chi connectivity index (χ0n) is 11.0. The third-order valence-corrected chi connectivity index (χ3v) is 5.06. The van der Waals surface area contributed by atoms with Crippen molar-refractivity contribution < 1.29 is 18.0 Å². The number of nitrogens with one attached hydrogen (secondary N) is 1. The Morgan fingerprint density at radius 2 is 1.77 bits per heavy atom. The van der Waals surface area contributed by atoms with Crippen LogP contribution in [0.5, 0.6) is 0 Å². The van der Waals surface area contributed by atoms with Gasteiger partial charge in [-0.25, -0.2) is 18.3 Å². The monoisotopic (exact) mass is 335 g/mol. The number of carbonyl (C=O) groups is 2. The van der Waals surface area contributed by atoms with Gasteiger partial charge in [0.1, 0.15) is 4.90 Å². The van der Waals surface area contributed by atoms with Gasteiger partial charge in [-0.05, 0) is 12.1 Å². The minimum Gasteiger partial charge on any atom is -0.269 e. The first-order valence-electron chi connectivity index (χ1n) is 6.06. The number of imide groups is 1. The number of anilines is 2. The van der Waals surface area contributed by atoms with Crippen LogP contribution in [0.3, 0.4) is 0 Å². The Morgan fingerprint density at radius 1 is 1.09 bits per heavy atom.